The zero-order valence-corrected chi connectivity index (χ0v) is 11.5. The van der Waals surface area contributed by atoms with Gasteiger partial charge >= 0.3 is 0 Å². The van der Waals surface area contributed by atoms with Crippen molar-refractivity contribution in [1.29, 1.82) is 0 Å². The Labute approximate surface area is 117 Å². The second-order valence-corrected chi connectivity index (χ2v) is 4.82. The van der Waals surface area contributed by atoms with Gasteiger partial charge in [-0.05, 0) is 42.8 Å². The summed E-state index contributed by atoms with van der Waals surface area (Å²) in [5.41, 5.74) is 5.28. The van der Waals surface area contributed by atoms with Gasteiger partial charge in [0.2, 0.25) is 0 Å². The van der Waals surface area contributed by atoms with Gasteiger partial charge in [0.15, 0.2) is 0 Å². The monoisotopic (exact) mass is 264 g/mol. The molecular weight excluding hydrogens is 248 g/mol. The minimum atomic E-state index is 0.105. The number of nitrogens with zero attached hydrogens (tertiary/aromatic N) is 3. The number of aryl methyl sites for hydroxylation is 1. The number of hydrogen-bond acceptors (Lipinski definition) is 4. The van der Waals surface area contributed by atoms with E-state index in [2.05, 4.69) is 45.4 Å². The third-order valence-corrected chi connectivity index (χ3v) is 3.34. The molecule has 0 spiro atoms. The highest BCUT2D eigenvalue weighted by Crippen LogP contribution is 2.23. The molecule has 3 rings (SSSR count). The van der Waals surface area contributed by atoms with E-state index >= 15 is 0 Å². The summed E-state index contributed by atoms with van der Waals surface area (Å²) in [4.78, 5) is 12.9. The van der Waals surface area contributed by atoms with Crippen LogP contribution in [0.1, 0.15) is 22.7 Å². The van der Waals surface area contributed by atoms with Gasteiger partial charge < -0.3 is 5.32 Å². The third-order valence-electron chi connectivity index (χ3n) is 3.34. The molecule has 0 radical (unpaired) electrons. The quantitative estimate of drug-likeness (QED) is 0.790. The Morgan fingerprint density at radius 1 is 0.950 bits per heavy atom. The van der Waals surface area contributed by atoms with E-state index in [0.717, 1.165) is 27.7 Å². The lowest BCUT2D eigenvalue weighted by atomic mass is 9.99. The normalized spacial score (nSPS) is 12.5. The van der Waals surface area contributed by atoms with Crippen molar-refractivity contribution in [3.63, 3.8) is 0 Å². The lowest BCUT2D eigenvalue weighted by molar-refractivity contribution is 0.688. The molecule has 0 amide bonds. The molecular formula is C16H16N4. The summed E-state index contributed by atoms with van der Waals surface area (Å²) in [6.45, 7) is 2.05. The molecule has 2 aromatic heterocycles. The van der Waals surface area contributed by atoms with E-state index in [-0.39, 0.29) is 6.04 Å². The largest absolute Gasteiger partial charge is 0.309 e. The molecule has 1 aromatic carbocycles. The highest BCUT2D eigenvalue weighted by Gasteiger charge is 2.13. The molecule has 1 N–H and O–H groups in total. The number of fused-ring (bicyclic) bond motifs is 1. The van der Waals surface area contributed by atoms with Crippen LogP contribution in [0.3, 0.4) is 0 Å². The molecule has 0 aliphatic rings. The van der Waals surface area contributed by atoms with Gasteiger partial charge in [-0.2, -0.15) is 0 Å². The van der Waals surface area contributed by atoms with Crippen LogP contribution < -0.4 is 5.32 Å². The molecule has 0 aliphatic carbocycles. The number of aromatic nitrogens is 3. The van der Waals surface area contributed by atoms with Crippen molar-refractivity contribution in [2.75, 3.05) is 7.05 Å². The first-order valence-corrected chi connectivity index (χ1v) is 6.57. The smallest absolute Gasteiger partial charge is 0.0890 e. The van der Waals surface area contributed by atoms with Crippen molar-refractivity contribution >= 4 is 11.0 Å². The Morgan fingerprint density at radius 3 is 2.50 bits per heavy atom. The number of hydrogen-bond donors (Lipinski definition) is 1. The highest BCUT2D eigenvalue weighted by molar-refractivity contribution is 5.74. The highest BCUT2D eigenvalue weighted by atomic mass is 14.9. The summed E-state index contributed by atoms with van der Waals surface area (Å²) in [6, 6.07) is 8.42. The number of nitrogens with one attached hydrogen (secondary N) is 1. The SMILES string of the molecule is CNC(c1cncc(C)c1)c1ccc2nccnc2c1. The summed E-state index contributed by atoms with van der Waals surface area (Å²) in [7, 11) is 1.95. The molecule has 4 heteroatoms. The molecule has 2 heterocycles. The predicted octanol–water partition coefficient (Wildman–Crippen LogP) is 2.64. The van der Waals surface area contributed by atoms with Crippen LogP contribution in [0.25, 0.3) is 11.0 Å². The molecule has 0 saturated carbocycles. The predicted molar refractivity (Wildman–Crippen MR) is 79.4 cm³/mol. The van der Waals surface area contributed by atoms with Gasteiger partial charge in [-0.1, -0.05) is 12.1 Å². The maximum atomic E-state index is 4.36. The van der Waals surface area contributed by atoms with Crippen LogP contribution in [0.2, 0.25) is 0 Å². The van der Waals surface area contributed by atoms with Crippen molar-refractivity contribution in [2.45, 2.75) is 13.0 Å². The molecule has 20 heavy (non-hydrogen) atoms. The van der Waals surface area contributed by atoms with Crippen LogP contribution >= 0.6 is 0 Å². The van der Waals surface area contributed by atoms with Crippen molar-refractivity contribution in [3.05, 3.63) is 65.7 Å². The minimum absolute atomic E-state index is 0.105. The molecule has 100 valence electrons. The van der Waals surface area contributed by atoms with Crippen LogP contribution in [0, 0.1) is 6.92 Å². The summed E-state index contributed by atoms with van der Waals surface area (Å²) in [6.07, 6.45) is 7.19. The Hall–Kier alpha value is -2.33. The fourth-order valence-corrected chi connectivity index (χ4v) is 2.42. The lowest BCUT2D eigenvalue weighted by Crippen LogP contribution is -2.18. The Kier molecular flexibility index (Phi) is 3.39. The van der Waals surface area contributed by atoms with E-state index in [1.165, 1.54) is 0 Å². The van der Waals surface area contributed by atoms with Gasteiger partial charge in [0.1, 0.15) is 0 Å². The average Bonchev–Trinajstić information content (AvgIpc) is 2.48. The molecule has 0 saturated heterocycles. The lowest BCUT2D eigenvalue weighted by Gasteiger charge is -2.17. The maximum absolute atomic E-state index is 4.36. The first-order valence-electron chi connectivity index (χ1n) is 6.57. The standard InChI is InChI=1S/C16H16N4/c1-11-7-13(10-18-9-11)16(17-2)12-3-4-14-15(8-12)20-6-5-19-14/h3-10,16-17H,1-2H3. The van der Waals surface area contributed by atoms with E-state index in [1.54, 1.807) is 12.4 Å². The maximum Gasteiger partial charge on any atom is 0.0890 e. The van der Waals surface area contributed by atoms with Gasteiger partial charge in [-0.3, -0.25) is 15.0 Å². The van der Waals surface area contributed by atoms with Crippen molar-refractivity contribution in [2.24, 2.45) is 0 Å². The fourth-order valence-electron chi connectivity index (χ4n) is 2.42. The van der Waals surface area contributed by atoms with Crippen LogP contribution in [-0.2, 0) is 0 Å². The van der Waals surface area contributed by atoms with E-state index < -0.39 is 0 Å². The topological polar surface area (TPSA) is 50.7 Å². The Balaban J connectivity index is 2.07. The first kappa shape index (κ1) is 12.7. The van der Waals surface area contributed by atoms with Gasteiger partial charge in [0.25, 0.3) is 0 Å². The van der Waals surface area contributed by atoms with E-state index in [1.807, 2.05) is 25.5 Å². The summed E-state index contributed by atoms with van der Waals surface area (Å²) in [5, 5.41) is 3.34. The van der Waals surface area contributed by atoms with Crippen molar-refractivity contribution < 1.29 is 0 Å². The molecule has 4 nitrogen and oxygen atoms in total. The van der Waals surface area contributed by atoms with Crippen LogP contribution in [0.5, 0.6) is 0 Å². The average molecular weight is 264 g/mol. The molecule has 0 fully saturated rings. The molecule has 1 unspecified atom stereocenters. The van der Waals surface area contributed by atoms with Gasteiger partial charge in [0.05, 0.1) is 17.1 Å². The number of benzene rings is 1. The van der Waals surface area contributed by atoms with E-state index in [4.69, 9.17) is 0 Å². The van der Waals surface area contributed by atoms with Crippen molar-refractivity contribution in [3.8, 4) is 0 Å². The molecule has 3 aromatic rings. The van der Waals surface area contributed by atoms with Crippen molar-refractivity contribution in [1.82, 2.24) is 20.3 Å². The van der Waals surface area contributed by atoms with Gasteiger partial charge in [-0.15, -0.1) is 0 Å². The van der Waals surface area contributed by atoms with Crippen LogP contribution in [-0.4, -0.2) is 22.0 Å². The zero-order valence-electron chi connectivity index (χ0n) is 11.5. The number of rotatable bonds is 3. The second kappa shape index (κ2) is 5.35. The van der Waals surface area contributed by atoms with Gasteiger partial charge in [-0.25, -0.2) is 0 Å². The second-order valence-electron chi connectivity index (χ2n) is 4.82. The summed E-state index contributed by atoms with van der Waals surface area (Å²) in [5.74, 6) is 0. The Morgan fingerprint density at radius 2 is 1.75 bits per heavy atom. The van der Waals surface area contributed by atoms with Crippen LogP contribution in [0.15, 0.2) is 49.1 Å². The minimum Gasteiger partial charge on any atom is -0.309 e. The van der Waals surface area contributed by atoms with E-state index in [9.17, 15) is 0 Å². The van der Waals surface area contributed by atoms with Gasteiger partial charge in [0, 0.05) is 24.8 Å². The molecule has 0 aliphatic heterocycles. The fraction of sp³-hybridized carbons (Fsp3) is 0.188. The summed E-state index contributed by atoms with van der Waals surface area (Å²) >= 11 is 0. The Bertz CT molecular complexity index is 739. The first-order chi connectivity index (χ1) is 9.78. The van der Waals surface area contributed by atoms with E-state index in [0.29, 0.717) is 0 Å². The summed E-state index contributed by atoms with van der Waals surface area (Å²) < 4.78 is 0. The molecule has 0 bridgehead atoms. The molecule has 1 atom stereocenters. The third kappa shape index (κ3) is 2.38. The number of pyridine rings is 1. The zero-order chi connectivity index (χ0) is 13.9. The van der Waals surface area contributed by atoms with Crippen LogP contribution in [0.4, 0.5) is 0 Å².